The molecule has 1 amide bonds. The molecule has 2 N–H and O–H groups in total. The number of aliphatic hydroxyl groups excluding tert-OH is 1. The molecule has 0 aromatic carbocycles. The van der Waals surface area contributed by atoms with Crippen molar-refractivity contribution in [2.75, 3.05) is 6.54 Å². The Balaban J connectivity index is 3.62. The van der Waals surface area contributed by atoms with Crippen molar-refractivity contribution >= 4 is 5.91 Å². The van der Waals surface area contributed by atoms with Crippen molar-refractivity contribution in [3.63, 3.8) is 0 Å². The van der Waals surface area contributed by atoms with Crippen LogP contribution in [-0.2, 0) is 4.79 Å². The number of hydrogen-bond donors (Lipinski definition) is 2. The largest absolute Gasteiger partial charge is 0.387 e. The Morgan fingerprint density at radius 3 is 2.73 bits per heavy atom. The third-order valence-corrected chi connectivity index (χ3v) is 1.13. The highest BCUT2D eigenvalue weighted by Crippen LogP contribution is 1.86. The van der Waals surface area contributed by atoms with E-state index in [0.717, 1.165) is 0 Å². The van der Waals surface area contributed by atoms with E-state index in [9.17, 15) is 4.79 Å². The minimum Gasteiger partial charge on any atom is -0.387 e. The van der Waals surface area contributed by atoms with Crippen LogP contribution in [0.5, 0.6) is 0 Å². The molecule has 0 aliphatic rings. The smallest absolute Gasteiger partial charge is 0.246 e. The molecule has 0 aliphatic heterocycles. The van der Waals surface area contributed by atoms with Gasteiger partial charge in [-0.25, -0.2) is 0 Å². The average molecular weight is 155 g/mol. The van der Waals surface area contributed by atoms with E-state index in [2.05, 4.69) is 18.5 Å². The van der Waals surface area contributed by atoms with Gasteiger partial charge in [-0.05, 0) is 6.92 Å². The Morgan fingerprint density at radius 1 is 1.82 bits per heavy atom. The van der Waals surface area contributed by atoms with Crippen LogP contribution in [0.25, 0.3) is 0 Å². The van der Waals surface area contributed by atoms with Crippen LogP contribution < -0.4 is 5.32 Å². The molecule has 0 bridgehead atoms. The van der Waals surface area contributed by atoms with Crippen molar-refractivity contribution in [1.29, 1.82) is 0 Å². The first-order valence-corrected chi connectivity index (χ1v) is 3.32. The maximum atomic E-state index is 10.8. The van der Waals surface area contributed by atoms with Crippen molar-refractivity contribution in [2.24, 2.45) is 0 Å². The number of aliphatic hydroxyl groups is 1. The average Bonchev–Trinajstić information content (AvgIpc) is 1.99. The second-order valence-corrected chi connectivity index (χ2v) is 2.29. The summed E-state index contributed by atoms with van der Waals surface area (Å²) in [6.45, 7) is 8.60. The highest BCUT2D eigenvalue weighted by molar-refractivity contribution is 5.92. The van der Waals surface area contributed by atoms with Crippen molar-refractivity contribution < 1.29 is 9.90 Å². The molecule has 0 heterocycles. The molecule has 11 heavy (non-hydrogen) atoms. The summed E-state index contributed by atoms with van der Waals surface area (Å²) in [5.41, 5.74) is 0.432. The molecule has 3 heteroatoms. The quantitative estimate of drug-likeness (QED) is 0.451. The van der Waals surface area contributed by atoms with E-state index in [-0.39, 0.29) is 12.5 Å². The second kappa shape index (κ2) is 4.68. The van der Waals surface area contributed by atoms with Crippen LogP contribution in [0.1, 0.15) is 6.92 Å². The van der Waals surface area contributed by atoms with Gasteiger partial charge in [0.05, 0.1) is 6.10 Å². The molecular weight excluding hydrogens is 142 g/mol. The van der Waals surface area contributed by atoms with E-state index in [1.807, 2.05) is 0 Å². The van der Waals surface area contributed by atoms with E-state index in [1.54, 1.807) is 6.92 Å². The fourth-order valence-corrected chi connectivity index (χ4v) is 0.431. The first kappa shape index (κ1) is 9.91. The van der Waals surface area contributed by atoms with Crippen LogP contribution in [0.3, 0.4) is 0 Å². The summed E-state index contributed by atoms with van der Waals surface area (Å²) in [6.07, 6.45) is 0.678. The fraction of sp³-hybridized carbons (Fsp3) is 0.375. The molecule has 0 aromatic rings. The van der Waals surface area contributed by atoms with E-state index < -0.39 is 6.10 Å². The monoisotopic (exact) mass is 155 g/mol. The fourth-order valence-electron chi connectivity index (χ4n) is 0.431. The van der Waals surface area contributed by atoms with Gasteiger partial charge in [0, 0.05) is 12.1 Å². The molecule has 1 atom stereocenters. The minimum absolute atomic E-state index is 0.190. The number of carbonyl (C=O) groups excluding carboxylic acids is 1. The summed E-state index contributed by atoms with van der Waals surface area (Å²) in [4.78, 5) is 10.8. The Morgan fingerprint density at radius 2 is 2.36 bits per heavy atom. The standard InChI is InChI=1S/C8H13NO2/c1-4-7(10)5-9-8(11)6(2)3/h4,7,10H,1-2,5H2,3H3,(H,9,11). The molecule has 0 saturated carbocycles. The third kappa shape index (κ3) is 4.33. The maximum Gasteiger partial charge on any atom is 0.246 e. The molecule has 3 nitrogen and oxygen atoms in total. The summed E-state index contributed by atoms with van der Waals surface area (Å²) in [5, 5.41) is 11.4. The van der Waals surface area contributed by atoms with Crippen LogP contribution in [0, 0.1) is 0 Å². The Hall–Kier alpha value is -1.09. The highest BCUT2D eigenvalue weighted by atomic mass is 16.3. The summed E-state index contributed by atoms with van der Waals surface area (Å²) in [7, 11) is 0. The molecule has 0 radical (unpaired) electrons. The number of amides is 1. The Bertz CT molecular complexity index is 175. The third-order valence-electron chi connectivity index (χ3n) is 1.13. The number of carbonyl (C=O) groups is 1. The van der Waals surface area contributed by atoms with Crippen LogP contribution in [0.15, 0.2) is 24.8 Å². The normalized spacial score (nSPS) is 11.8. The Labute approximate surface area is 66.4 Å². The van der Waals surface area contributed by atoms with Crippen molar-refractivity contribution in [2.45, 2.75) is 13.0 Å². The van der Waals surface area contributed by atoms with Gasteiger partial charge in [0.25, 0.3) is 0 Å². The molecule has 0 aromatic heterocycles. The van der Waals surface area contributed by atoms with Crippen LogP contribution in [-0.4, -0.2) is 23.7 Å². The lowest BCUT2D eigenvalue weighted by Gasteiger charge is -2.06. The lowest BCUT2D eigenvalue weighted by atomic mass is 10.3. The summed E-state index contributed by atoms with van der Waals surface area (Å²) in [5.74, 6) is -0.245. The van der Waals surface area contributed by atoms with Gasteiger partial charge in [0.2, 0.25) is 5.91 Å². The summed E-state index contributed by atoms with van der Waals surface area (Å²) < 4.78 is 0. The molecule has 0 aliphatic carbocycles. The molecule has 0 spiro atoms. The topological polar surface area (TPSA) is 49.3 Å². The predicted octanol–water partition coefficient (Wildman–Crippen LogP) is 0.226. The van der Waals surface area contributed by atoms with Gasteiger partial charge in [0.1, 0.15) is 0 Å². The molecular formula is C8H13NO2. The van der Waals surface area contributed by atoms with E-state index in [4.69, 9.17) is 5.11 Å². The predicted molar refractivity (Wildman–Crippen MR) is 44.0 cm³/mol. The van der Waals surface area contributed by atoms with Crippen molar-refractivity contribution in [3.05, 3.63) is 24.8 Å². The zero-order chi connectivity index (χ0) is 8.85. The first-order valence-electron chi connectivity index (χ1n) is 3.32. The van der Waals surface area contributed by atoms with Gasteiger partial charge < -0.3 is 10.4 Å². The maximum absolute atomic E-state index is 10.8. The lowest BCUT2D eigenvalue weighted by molar-refractivity contribution is -0.117. The van der Waals surface area contributed by atoms with Crippen LogP contribution in [0.4, 0.5) is 0 Å². The highest BCUT2D eigenvalue weighted by Gasteiger charge is 2.02. The number of rotatable bonds is 4. The minimum atomic E-state index is -0.682. The van der Waals surface area contributed by atoms with Crippen LogP contribution >= 0.6 is 0 Å². The molecule has 0 fully saturated rings. The van der Waals surface area contributed by atoms with Gasteiger partial charge in [0.15, 0.2) is 0 Å². The molecule has 0 saturated heterocycles. The van der Waals surface area contributed by atoms with Gasteiger partial charge in [-0.15, -0.1) is 6.58 Å². The zero-order valence-corrected chi connectivity index (χ0v) is 6.63. The Kier molecular flexibility index (Phi) is 4.22. The van der Waals surface area contributed by atoms with Gasteiger partial charge in [-0.1, -0.05) is 12.7 Å². The lowest BCUT2D eigenvalue weighted by Crippen LogP contribution is -2.31. The molecule has 1 unspecified atom stereocenters. The number of nitrogens with one attached hydrogen (secondary N) is 1. The van der Waals surface area contributed by atoms with E-state index in [0.29, 0.717) is 5.57 Å². The van der Waals surface area contributed by atoms with Gasteiger partial charge in [-0.3, -0.25) is 4.79 Å². The van der Waals surface area contributed by atoms with E-state index in [1.165, 1.54) is 6.08 Å². The summed E-state index contributed by atoms with van der Waals surface area (Å²) in [6, 6.07) is 0. The second-order valence-electron chi connectivity index (χ2n) is 2.29. The SMILES string of the molecule is C=CC(O)CNC(=O)C(=C)C. The van der Waals surface area contributed by atoms with Gasteiger partial charge >= 0.3 is 0 Å². The first-order chi connectivity index (χ1) is 5.07. The van der Waals surface area contributed by atoms with Crippen molar-refractivity contribution in [3.8, 4) is 0 Å². The zero-order valence-electron chi connectivity index (χ0n) is 6.63. The molecule has 0 rings (SSSR count). The number of hydrogen-bond acceptors (Lipinski definition) is 2. The van der Waals surface area contributed by atoms with Crippen molar-refractivity contribution in [1.82, 2.24) is 5.32 Å². The van der Waals surface area contributed by atoms with Gasteiger partial charge in [-0.2, -0.15) is 0 Å². The molecule has 62 valence electrons. The van der Waals surface area contributed by atoms with E-state index >= 15 is 0 Å². The van der Waals surface area contributed by atoms with Crippen LogP contribution in [0.2, 0.25) is 0 Å². The summed E-state index contributed by atoms with van der Waals surface area (Å²) >= 11 is 0.